The summed E-state index contributed by atoms with van der Waals surface area (Å²) < 4.78 is 5.26. The van der Waals surface area contributed by atoms with Crippen molar-refractivity contribution in [3.05, 3.63) is 64.3 Å². The number of nitrogens with one attached hydrogen (secondary N) is 2. The highest BCUT2D eigenvalue weighted by Crippen LogP contribution is 2.30. The fraction of sp³-hybridized carbons (Fsp3) is 0.211. The van der Waals surface area contributed by atoms with Crippen LogP contribution in [0.4, 0.5) is 0 Å². The summed E-state index contributed by atoms with van der Waals surface area (Å²) in [6, 6.07) is 13.4. The average molecular weight is 341 g/mol. The number of amides is 1. The zero-order chi connectivity index (χ0) is 16.7. The van der Waals surface area contributed by atoms with Gasteiger partial charge in [0.2, 0.25) is 0 Å². The van der Waals surface area contributed by atoms with Gasteiger partial charge in [-0.3, -0.25) is 4.79 Å². The molecule has 0 radical (unpaired) electrons. The third-order valence-electron chi connectivity index (χ3n) is 4.54. The van der Waals surface area contributed by atoms with Crippen molar-refractivity contribution in [1.29, 1.82) is 0 Å². The van der Waals surface area contributed by atoms with Crippen molar-refractivity contribution in [1.82, 2.24) is 10.3 Å². The Kier molecular flexibility index (Phi) is 3.69. The van der Waals surface area contributed by atoms with Crippen LogP contribution in [0.15, 0.2) is 42.5 Å². The van der Waals surface area contributed by atoms with Crippen molar-refractivity contribution < 1.29 is 9.53 Å². The summed E-state index contributed by atoms with van der Waals surface area (Å²) in [4.78, 5) is 16.1. The minimum atomic E-state index is -0.159. The highest BCUT2D eigenvalue weighted by molar-refractivity contribution is 6.31. The van der Waals surface area contributed by atoms with Gasteiger partial charge in [0.25, 0.3) is 5.91 Å². The largest absolute Gasteiger partial charge is 0.496 e. The number of carbonyl (C=O) groups excluding carboxylic acids is 1. The maximum Gasteiger partial charge on any atom is 0.255 e. The molecule has 1 heterocycles. The molecule has 1 aliphatic rings. The molecule has 0 saturated heterocycles. The lowest BCUT2D eigenvalue weighted by atomic mass is 10.1. The van der Waals surface area contributed by atoms with Crippen molar-refractivity contribution in [3.8, 4) is 5.75 Å². The van der Waals surface area contributed by atoms with Gasteiger partial charge in [0.15, 0.2) is 0 Å². The van der Waals surface area contributed by atoms with Crippen LogP contribution < -0.4 is 10.1 Å². The summed E-state index contributed by atoms with van der Waals surface area (Å²) >= 11 is 6.01. The van der Waals surface area contributed by atoms with E-state index in [0.717, 1.165) is 18.4 Å². The number of H-pyrrole nitrogens is 1. The van der Waals surface area contributed by atoms with Gasteiger partial charge in [0.05, 0.1) is 12.7 Å². The lowest BCUT2D eigenvalue weighted by molar-refractivity contribution is 0.0935. The molecule has 1 atom stereocenters. The Bertz CT molecular complexity index is 932. The van der Waals surface area contributed by atoms with Crippen LogP contribution in [-0.2, 0) is 12.8 Å². The molecule has 122 valence electrons. The molecule has 1 amide bonds. The SMILES string of the molecule is COc1ccc(Cl)cc1C(=O)NC1Cc2[nH]c3ccccc3c2C1. The number of fused-ring (bicyclic) bond motifs is 3. The summed E-state index contributed by atoms with van der Waals surface area (Å²) in [6.07, 6.45) is 1.63. The summed E-state index contributed by atoms with van der Waals surface area (Å²) in [5.74, 6) is 0.368. The number of ether oxygens (including phenoxy) is 1. The van der Waals surface area contributed by atoms with Crippen molar-refractivity contribution >= 4 is 28.4 Å². The third kappa shape index (κ3) is 2.53. The third-order valence-corrected chi connectivity index (χ3v) is 4.78. The van der Waals surface area contributed by atoms with E-state index in [1.165, 1.54) is 16.6 Å². The Morgan fingerprint density at radius 1 is 1.25 bits per heavy atom. The first-order valence-corrected chi connectivity index (χ1v) is 8.26. The quantitative estimate of drug-likeness (QED) is 0.763. The van der Waals surface area contributed by atoms with E-state index in [9.17, 15) is 4.79 Å². The molecule has 0 saturated carbocycles. The Labute approximate surface area is 144 Å². The predicted octanol–water partition coefficient (Wildman–Crippen LogP) is 3.73. The standard InChI is InChI=1S/C19H17ClN2O2/c1-24-18-7-6-11(20)8-15(18)19(23)21-12-9-14-13-4-2-3-5-16(13)22-17(14)10-12/h2-8,12,22H,9-10H2,1H3,(H,21,23). The number of carbonyl (C=O) groups is 1. The molecule has 0 aliphatic heterocycles. The van der Waals surface area contributed by atoms with Crippen LogP contribution in [-0.4, -0.2) is 24.0 Å². The highest BCUT2D eigenvalue weighted by atomic mass is 35.5. The van der Waals surface area contributed by atoms with Gasteiger partial charge in [-0.15, -0.1) is 0 Å². The van der Waals surface area contributed by atoms with Crippen LogP contribution in [0.25, 0.3) is 10.9 Å². The van der Waals surface area contributed by atoms with Crippen molar-refractivity contribution in [2.45, 2.75) is 18.9 Å². The smallest absolute Gasteiger partial charge is 0.255 e. The number of benzene rings is 2. The van der Waals surface area contributed by atoms with E-state index in [1.54, 1.807) is 25.3 Å². The second-order valence-corrected chi connectivity index (χ2v) is 6.49. The maximum atomic E-state index is 12.6. The molecule has 0 spiro atoms. The fourth-order valence-corrected chi connectivity index (χ4v) is 3.62. The van der Waals surface area contributed by atoms with Crippen LogP contribution in [0.5, 0.6) is 5.75 Å². The minimum absolute atomic E-state index is 0.0760. The second kappa shape index (κ2) is 5.87. The summed E-state index contributed by atoms with van der Waals surface area (Å²) in [5.41, 5.74) is 4.13. The molecule has 1 aromatic heterocycles. The van der Waals surface area contributed by atoms with E-state index in [2.05, 4.69) is 22.4 Å². The lowest BCUT2D eigenvalue weighted by Crippen LogP contribution is -2.35. The molecule has 2 N–H and O–H groups in total. The van der Waals surface area contributed by atoms with Gasteiger partial charge in [-0.2, -0.15) is 0 Å². The zero-order valence-electron chi connectivity index (χ0n) is 13.2. The first kappa shape index (κ1) is 15.1. The van der Waals surface area contributed by atoms with Crippen molar-refractivity contribution in [3.63, 3.8) is 0 Å². The van der Waals surface area contributed by atoms with E-state index in [0.29, 0.717) is 16.3 Å². The number of para-hydroxylation sites is 1. The summed E-state index contributed by atoms with van der Waals surface area (Å²) in [6.45, 7) is 0. The van der Waals surface area contributed by atoms with Gasteiger partial charge in [-0.1, -0.05) is 29.8 Å². The van der Waals surface area contributed by atoms with Gasteiger partial charge in [0, 0.05) is 34.1 Å². The maximum absolute atomic E-state index is 12.6. The number of methoxy groups -OCH3 is 1. The number of aromatic amines is 1. The van der Waals surface area contributed by atoms with Crippen LogP contribution in [0, 0.1) is 0 Å². The van der Waals surface area contributed by atoms with Crippen molar-refractivity contribution in [2.24, 2.45) is 0 Å². The average Bonchev–Trinajstić information content (AvgIpc) is 3.11. The molecular weight excluding hydrogens is 324 g/mol. The van der Waals surface area contributed by atoms with Gasteiger partial charge < -0.3 is 15.0 Å². The van der Waals surface area contributed by atoms with E-state index in [4.69, 9.17) is 16.3 Å². The van der Waals surface area contributed by atoms with E-state index >= 15 is 0 Å². The van der Waals surface area contributed by atoms with Crippen LogP contribution in [0.1, 0.15) is 21.6 Å². The number of halogens is 1. The Morgan fingerprint density at radius 3 is 2.92 bits per heavy atom. The molecule has 0 bridgehead atoms. The van der Waals surface area contributed by atoms with E-state index in [-0.39, 0.29) is 11.9 Å². The Balaban J connectivity index is 1.55. The number of rotatable bonds is 3. The van der Waals surface area contributed by atoms with Crippen LogP contribution >= 0.6 is 11.6 Å². The first-order chi connectivity index (χ1) is 11.7. The number of aromatic nitrogens is 1. The molecule has 1 aliphatic carbocycles. The monoisotopic (exact) mass is 340 g/mol. The van der Waals surface area contributed by atoms with Gasteiger partial charge in [0.1, 0.15) is 5.75 Å². The first-order valence-electron chi connectivity index (χ1n) is 7.88. The lowest BCUT2D eigenvalue weighted by Gasteiger charge is -2.14. The fourth-order valence-electron chi connectivity index (χ4n) is 3.45. The normalized spacial score (nSPS) is 16.2. The topological polar surface area (TPSA) is 54.1 Å². The summed E-state index contributed by atoms with van der Waals surface area (Å²) in [5, 5.41) is 4.85. The number of hydrogen-bond donors (Lipinski definition) is 2. The van der Waals surface area contributed by atoms with Crippen molar-refractivity contribution in [2.75, 3.05) is 7.11 Å². The predicted molar refractivity (Wildman–Crippen MR) is 95.0 cm³/mol. The zero-order valence-corrected chi connectivity index (χ0v) is 14.0. The molecule has 3 aromatic rings. The molecule has 1 unspecified atom stereocenters. The Hall–Kier alpha value is -2.46. The highest BCUT2D eigenvalue weighted by Gasteiger charge is 2.27. The van der Waals surface area contributed by atoms with E-state index < -0.39 is 0 Å². The van der Waals surface area contributed by atoms with Crippen LogP contribution in [0.2, 0.25) is 5.02 Å². The molecular formula is C19H17ClN2O2. The molecule has 4 nitrogen and oxygen atoms in total. The number of hydrogen-bond acceptors (Lipinski definition) is 2. The van der Waals surface area contributed by atoms with Gasteiger partial charge >= 0.3 is 0 Å². The van der Waals surface area contributed by atoms with Gasteiger partial charge in [-0.25, -0.2) is 0 Å². The summed E-state index contributed by atoms with van der Waals surface area (Å²) in [7, 11) is 1.55. The molecule has 4 rings (SSSR count). The Morgan fingerprint density at radius 2 is 2.08 bits per heavy atom. The minimum Gasteiger partial charge on any atom is -0.496 e. The molecule has 2 aromatic carbocycles. The molecule has 5 heteroatoms. The van der Waals surface area contributed by atoms with E-state index in [1.807, 2.05) is 12.1 Å². The second-order valence-electron chi connectivity index (χ2n) is 6.05. The van der Waals surface area contributed by atoms with Gasteiger partial charge in [-0.05, 0) is 36.2 Å². The molecule has 24 heavy (non-hydrogen) atoms. The van der Waals surface area contributed by atoms with Crippen LogP contribution in [0.3, 0.4) is 0 Å². The molecule has 0 fully saturated rings.